The average molecular weight is 286 g/mol. The van der Waals surface area contributed by atoms with Crippen LogP contribution in [0.1, 0.15) is 20.8 Å². The third-order valence-corrected chi connectivity index (χ3v) is 4.40. The number of anilines is 1. The maximum atomic E-state index is 12.1. The highest BCUT2D eigenvalue weighted by Crippen LogP contribution is 2.14. The highest BCUT2D eigenvalue weighted by molar-refractivity contribution is 7.89. The second-order valence-corrected chi connectivity index (χ2v) is 6.04. The van der Waals surface area contributed by atoms with Gasteiger partial charge in [0.2, 0.25) is 0 Å². The lowest BCUT2D eigenvalue weighted by Gasteiger charge is -2.23. The minimum Gasteiger partial charge on any atom is -0.396 e. The second kappa shape index (κ2) is 6.83. The minimum absolute atomic E-state index is 0.110. The van der Waals surface area contributed by atoms with Gasteiger partial charge in [-0.25, -0.2) is 18.1 Å². The smallest absolute Gasteiger partial charge is 0.260 e. The van der Waals surface area contributed by atoms with E-state index in [-0.39, 0.29) is 16.8 Å². The van der Waals surface area contributed by atoms with Crippen molar-refractivity contribution in [3.8, 4) is 0 Å². The summed E-state index contributed by atoms with van der Waals surface area (Å²) in [5, 5.41) is -0.110. The predicted octanol–water partition coefficient (Wildman–Crippen LogP) is 0.672. The van der Waals surface area contributed by atoms with Crippen LogP contribution in [0.2, 0.25) is 0 Å². The Hall–Kier alpha value is -1.18. The number of likely N-dealkylation sites (N-methyl/N-ethyl adjacent to an activating group) is 1. The van der Waals surface area contributed by atoms with E-state index in [0.717, 1.165) is 13.1 Å². The minimum atomic E-state index is -3.67. The molecule has 7 heteroatoms. The number of rotatable bonds is 7. The average Bonchev–Trinajstić information content (AvgIpc) is 2.35. The van der Waals surface area contributed by atoms with Crippen molar-refractivity contribution >= 4 is 15.7 Å². The molecule has 19 heavy (non-hydrogen) atoms. The molecule has 1 heterocycles. The number of aromatic nitrogens is 1. The van der Waals surface area contributed by atoms with Crippen LogP contribution in [-0.4, -0.2) is 44.0 Å². The molecule has 0 saturated carbocycles. The van der Waals surface area contributed by atoms with Gasteiger partial charge in [-0.05, 0) is 32.1 Å². The molecule has 1 atom stereocenters. The van der Waals surface area contributed by atoms with Crippen LogP contribution in [0.25, 0.3) is 0 Å². The molecule has 1 rings (SSSR count). The lowest BCUT2D eigenvalue weighted by molar-refractivity contribution is 0.282. The zero-order chi connectivity index (χ0) is 14.5. The number of nitrogens with zero attached hydrogens (tertiary/aromatic N) is 2. The maximum absolute atomic E-state index is 12.1. The Morgan fingerprint density at radius 1 is 1.42 bits per heavy atom. The Kier molecular flexibility index (Phi) is 5.71. The van der Waals surface area contributed by atoms with Crippen LogP contribution in [0.15, 0.2) is 23.4 Å². The molecular formula is C12H22N4O2S. The molecule has 1 aromatic heterocycles. The first-order valence-corrected chi connectivity index (χ1v) is 7.84. The molecule has 0 aliphatic rings. The van der Waals surface area contributed by atoms with E-state index in [9.17, 15) is 8.42 Å². The number of pyridine rings is 1. The van der Waals surface area contributed by atoms with Crippen molar-refractivity contribution in [1.29, 1.82) is 0 Å². The van der Waals surface area contributed by atoms with Crippen molar-refractivity contribution in [3.05, 3.63) is 18.3 Å². The molecule has 1 unspecified atom stereocenters. The number of nitrogens with one attached hydrogen (secondary N) is 1. The van der Waals surface area contributed by atoms with E-state index in [1.807, 2.05) is 20.8 Å². The van der Waals surface area contributed by atoms with Gasteiger partial charge in [0.25, 0.3) is 10.0 Å². The largest absolute Gasteiger partial charge is 0.396 e. The van der Waals surface area contributed by atoms with Gasteiger partial charge in [0, 0.05) is 18.8 Å². The number of sulfonamides is 1. The fraction of sp³-hybridized carbons (Fsp3) is 0.583. The van der Waals surface area contributed by atoms with E-state index in [1.54, 1.807) is 6.07 Å². The summed E-state index contributed by atoms with van der Waals surface area (Å²) in [5.74, 6) is 0. The van der Waals surface area contributed by atoms with Crippen molar-refractivity contribution in [3.63, 3.8) is 0 Å². The van der Waals surface area contributed by atoms with E-state index >= 15 is 0 Å². The van der Waals surface area contributed by atoms with Crippen LogP contribution < -0.4 is 10.5 Å². The van der Waals surface area contributed by atoms with Crippen molar-refractivity contribution in [2.24, 2.45) is 0 Å². The molecule has 0 amide bonds. The molecule has 1 aromatic rings. The van der Waals surface area contributed by atoms with Crippen LogP contribution in [0.5, 0.6) is 0 Å². The predicted molar refractivity (Wildman–Crippen MR) is 76.2 cm³/mol. The van der Waals surface area contributed by atoms with E-state index < -0.39 is 10.0 Å². The van der Waals surface area contributed by atoms with Gasteiger partial charge in [0.05, 0.1) is 5.69 Å². The Balaban J connectivity index is 2.78. The van der Waals surface area contributed by atoms with Crippen molar-refractivity contribution in [2.45, 2.75) is 31.8 Å². The van der Waals surface area contributed by atoms with Gasteiger partial charge in [-0.15, -0.1) is 0 Å². The van der Waals surface area contributed by atoms with Gasteiger partial charge in [-0.1, -0.05) is 13.8 Å². The molecule has 0 saturated heterocycles. The quantitative estimate of drug-likeness (QED) is 0.769. The Labute approximate surface area is 115 Å². The molecule has 0 aliphatic carbocycles. The molecule has 0 fully saturated rings. The highest BCUT2D eigenvalue weighted by atomic mass is 32.2. The molecule has 0 aromatic carbocycles. The summed E-state index contributed by atoms with van der Waals surface area (Å²) in [4.78, 5) is 5.98. The van der Waals surface area contributed by atoms with Crippen LogP contribution in [-0.2, 0) is 10.0 Å². The van der Waals surface area contributed by atoms with Crippen molar-refractivity contribution < 1.29 is 8.42 Å². The Morgan fingerprint density at radius 2 is 2.05 bits per heavy atom. The van der Waals surface area contributed by atoms with E-state index in [0.29, 0.717) is 6.54 Å². The second-order valence-electron chi connectivity index (χ2n) is 4.41. The first kappa shape index (κ1) is 15.9. The highest BCUT2D eigenvalue weighted by Gasteiger charge is 2.21. The standard InChI is InChI=1S/C12H22N4O2S/c1-4-16(5-2)9-10(3)15-19(17,18)12-11(13)7-6-8-14-12/h6-8,10,15H,4-5,9,13H2,1-3H3. The number of nitrogens with two attached hydrogens (primary N) is 1. The monoisotopic (exact) mass is 286 g/mol. The van der Waals surface area contributed by atoms with Crippen molar-refractivity contribution in [2.75, 3.05) is 25.4 Å². The van der Waals surface area contributed by atoms with Gasteiger partial charge >= 0.3 is 0 Å². The first-order valence-electron chi connectivity index (χ1n) is 6.35. The Morgan fingerprint density at radius 3 is 2.58 bits per heavy atom. The summed E-state index contributed by atoms with van der Waals surface area (Å²) in [7, 11) is -3.67. The summed E-state index contributed by atoms with van der Waals surface area (Å²) in [6.07, 6.45) is 1.42. The van der Waals surface area contributed by atoms with Gasteiger partial charge in [-0.3, -0.25) is 0 Å². The van der Waals surface area contributed by atoms with Gasteiger partial charge in [0.1, 0.15) is 0 Å². The zero-order valence-electron chi connectivity index (χ0n) is 11.6. The van der Waals surface area contributed by atoms with Crippen LogP contribution in [0.3, 0.4) is 0 Å². The van der Waals surface area contributed by atoms with E-state index in [4.69, 9.17) is 5.73 Å². The lowest BCUT2D eigenvalue weighted by Crippen LogP contribution is -2.42. The van der Waals surface area contributed by atoms with Crippen LogP contribution in [0, 0.1) is 0 Å². The summed E-state index contributed by atoms with van der Waals surface area (Å²) in [6, 6.07) is 2.93. The number of nitrogen functional groups attached to an aromatic ring is 1. The molecule has 0 radical (unpaired) electrons. The summed E-state index contributed by atoms with van der Waals surface area (Å²) >= 11 is 0. The van der Waals surface area contributed by atoms with Gasteiger partial charge in [-0.2, -0.15) is 0 Å². The van der Waals surface area contributed by atoms with Crippen LogP contribution >= 0.6 is 0 Å². The third kappa shape index (κ3) is 4.45. The maximum Gasteiger partial charge on any atom is 0.260 e. The first-order chi connectivity index (χ1) is 8.90. The number of hydrogen-bond acceptors (Lipinski definition) is 5. The zero-order valence-corrected chi connectivity index (χ0v) is 12.4. The topological polar surface area (TPSA) is 88.3 Å². The molecular weight excluding hydrogens is 264 g/mol. The molecule has 3 N–H and O–H groups in total. The Bertz CT molecular complexity index is 500. The number of hydrogen-bond donors (Lipinski definition) is 2. The van der Waals surface area contributed by atoms with Crippen molar-refractivity contribution in [1.82, 2.24) is 14.6 Å². The summed E-state index contributed by atoms with van der Waals surface area (Å²) < 4.78 is 26.9. The summed E-state index contributed by atoms with van der Waals surface area (Å²) in [5.41, 5.74) is 5.80. The lowest BCUT2D eigenvalue weighted by atomic mass is 10.3. The van der Waals surface area contributed by atoms with E-state index in [2.05, 4.69) is 14.6 Å². The molecule has 0 aliphatic heterocycles. The molecule has 0 bridgehead atoms. The van der Waals surface area contributed by atoms with Gasteiger partial charge in [0.15, 0.2) is 5.03 Å². The van der Waals surface area contributed by atoms with Gasteiger partial charge < -0.3 is 10.6 Å². The summed E-state index contributed by atoms with van der Waals surface area (Å²) in [6.45, 7) is 8.33. The third-order valence-electron chi connectivity index (χ3n) is 2.84. The molecule has 6 nitrogen and oxygen atoms in total. The molecule has 108 valence electrons. The fourth-order valence-corrected chi connectivity index (χ4v) is 3.15. The SMILES string of the molecule is CCN(CC)CC(C)NS(=O)(=O)c1ncccc1N. The molecule has 0 spiro atoms. The normalized spacial score (nSPS) is 13.7. The van der Waals surface area contributed by atoms with Crippen LogP contribution in [0.4, 0.5) is 5.69 Å². The van der Waals surface area contributed by atoms with E-state index in [1.165, 1.54) is 12.3 Å². The fourth-order valence-electron chi connectivity index (χ4n) is 1.85.